The van der Waals surface area contributed by atoms with Gasteiger partial charge in [0.2, 0.25) is 6.41 Å². The third-order valence-electron chi connectivity index (χ3n) is 1.17. The molecule has 1 amide bonds. The first kappa shape index (κ1) is 9.10. The molecule has 0 spiro atoms. The van der Waals surface area contributed by atoms with E-state index < -0.39 is 12.1 Å². The maximum absolute atomic E-state index is 10.6. The van der Waals surface area contributed by atoms with Crippen molar-refractivity contribution in [1.82, 2.24) is 5.32 Å². The highest BCUT2D eigenvalue weighted by molar-refractivity contribution is 5.83. The fourth-order valence-corrected chi connectivity index (χ4v) is 0.670. The first-order chi connectivity index (χ1) is 4.59. The molecule has 0 radical (unpaired) electrons. The number of nitrogens with one attached hydrogen (secondary N) is 1. The molecule has 4 nitrogen and oxygen atoms in total. The monoisotopic (exact) mass is 145 g/mol. The quantitative estimate of drug-likeness (QED) is 0.502. The highest BCUT2D eigenvalue weighted by Gasteiger charge is 2.17. The first-order valence-corrected chi connectivity index (χ1v) is 2.97. The predicted molar refractivity (Wildman–Crippen MR) is 35.3 cm³/mol. The Morgan fingerprint density at radius 3 is 2.30 bits per heavy atom. The van der Waals surface area contributed by atoms with E-state index in [9.17, 15) is 9.59 Å². The zero-order valence-corrected chi connectivity index (χ0v) is 6.00. The molecule has 0 saturated heterocycles. The van der Waals surface area contributed by atoms with Gasteiger partial charge in [-0.3, -0.25) is 9.59 Å². The zero-order chi connectivity index (χ0) is 8.15. The summed E-state index contributed by atoms with van der Waals surface area (Å²) in [5, 5.41) is 11.1. The van der Waals surface area contributed by atoms with E-state index in [1.807, 2.05) is 0 Å². The van der Waals surface area contributed by atoms with Crippen molar-refractivity contribution in [3.05, 3.63) is 0 Å². The number of amides is 1. The van der Waals surface area contributed by atoms with E-state index in [2.05, 4.69) is 5.32 Å². The lowest BCUT2D eigenvalue weighted by Gasteiger charge is -2.14. The van der Waals surface area contributed by atoms with Gasteiger partial charge >= 0.3 is 0 Å². The van der Waals surface area contributed by atoms with Crippen molar-refractivity contribution in [2.45, 2.75) is 26.0 Å². The SMILES string of the molecule is CC(=O)C(NC=O)C(C)O. The van der Waals surface area contributed by atoms with Crippen LogP contribution < -0.4 is 5.32 Å². The largest absolute Gasteiger partial charge is 0.391 e. The number of carbonyl (C=O) groups is 2. The number of aliphatic hydroxyl groups excluding tert-OH is 1. The highest BCUT2D eigenvalue weighted by Crippen LogP contribution is 1.91. The fourth-order valence-electron chi connectivity index (χ4n) is 0.670. The topological polar surface area (TPSA) is 66.4 Å². The van der Waals surface area contributed by atoms with Crippen molar-refractivity contribution in [2.24, 2.45) is 0 Å². The maximum atomic E-state index is 10.6. The van der Waals surface area contributed by atoms with Gasteiger partial charge in [-0.1, -0.05) is 0 Å². The summed E-state index contributed by atoms with van der Waals surface area (Å²) in [6.07, 6.45) is -0.429. The summed E-state index contributed by atoms with van der Waals surface area (Å²) in [5.41, 5.74) is 0. The zero-order valence-electron chi connectivity index (χ0n) is 6.00. The molecule has 0 heterocycles. The summed E-state index contributed by atoms with van der Waals surface area (Å²) in [6.45, 7) is 2.76. The second kappa shape index (κ2) is 4.00. The van der Waals surface area contributed by atoms with E-state index in [1.54, 1.807) is 0 Å². The van der Waals surface area contributed by atoms with Crippen LogP contribution in [0.2, 0.25) is 0 Å². The Morgan fingerprint density at radius 1 is 1.70 bits per heavy atom. The lowest BCUT2D eigenvalue weighted by molar-refractivity contribution is -0.124. The molecular weight excluding hydrogens is 134 g/mol. The standard InChI is InChI=1S/C6H11NO3/c1-4(9)6(5(2)10)7-3-8/h3-4,6,9H,1-2H3,(H,7,8). The van der Waals surface area contributed by atoms with Crippen LogP contribution in [-0.2, 0) is 9.59 Å². The van der Waals surface area contributed by atoms with E-state index in [0.717, 1.165) is 0 Å². The van der Waals surface area contributed by atoms with E-state index >= 15 is 0 Å². The van der Waals surface area contributed by atoms with Crippen LogP contribution >= 0.6 is 0 Å². The van der Waals surface area contributed by atoms with E-state index in [1.165, 1.54) is 13.8 Å². The molecule has 0 aromatic rings. The Balaban J connectivity index is 3.97. The van der Waals surface area contributed by atoms with Crippen molar-refractivity contribution in [1.29, 1.82) is 0 Å². The van der Waals surface area contributed by atoms with E-state index in [4.69, 9.17) is 5.11 Å². The van der Waals surface area contributed by atoms with Gasteiger partial charge in [0.05, 0.1) is 6.10 Å². The second-order valence-electron chi connectivity index (χ2n) is 2.11. The summed E-state index contributed by atoms with van der Waals surface area (Å²) in [7, 11) is 0. The number of aliphatic hydroxyl groups is 1. The van der Waals surface area contributed by atoms with Gasteiger partial charge in [-0.15, -0.1) is 0 Å². The average molecular weight is 145 g/mol. The van der Waals surface area contributed by atoms with Crippen LogP contribution in [0.1, 0.15) is 13.8 Å². The molecule has 0 fully saturated rings. The number of hydrogen-bond acceptors (Lipinski definition) is 3. The molecule has 58 valence electrons. The van der Waals surface area contributed by atoms with Crippen LogP contribution in [0.25, 0.3) is 0 Å². The van der Waals surface area contributed by atoms with Crippen LogP contribution in [-0.4, -0.2) is 29.4 Å². The Bertz CT molecular complexity index is 133. The van der Waals surface area contributed by atoms with E-state index in [0.29, 0.717) is 6.41 Å². The third-order valence-corrected chi connectivity index (χ3v) is 1.17. The maximum Gasteiger partial charge on any atom is 0.207 e. The molecule has 2 unspecified atom stereocenters. The van der Waals surface area contributed by atoms with Crippen molar-refractivity contribution in [2.75, 3.05) is 0 Å². The second-order valence-corrected chi connectivity index (χ2v) is 2.11. The van der Waals surface area contributed by atoms with Gasteiger partial charge in [-0.05, 0) is 13.8 Å². The Labute approximate surface area is 59.2 Å². The molecule has 2 N–H and O–H groups in total. The number of hydrogen-bond donors (Lipinski definition) is 2. The molecule has 0 rings (SSSR count). The molecule has 0 saturated carbocycles. The lowest BCUT2D eigenvalue weighted by atomic mass is 10.1. The van der Waals surface area contributed by atoms with Crippen LogP contribution in [0.5, 0.6) is 0 Å². The normalized spacial score (nSPS) is 15.5. The number of carbonyl (C=O) groups excluding carboxylic acids is 2. The average Bonchev–Trinajstić information content (AvgIpc) is 1.81. The Hall–Kier alpha value is -0.900. The molecular formula is C6H11NO3. The summed E-state index contributed by atoms with van der Waals surface area (Å²) in [5.74, 6) is -0.248. The highest BCUT2D eigenvalue weighted by atomic mass is 16.3. The summed E-state index contributed by atoms with van der Waals surface area (Å²) < 4.78 is 0. The molecule has 2 atom stereocenters. The van der Waals surface area contributed by atoms with Gasteiger partial charge in [0.1, 0.15) is 6.04 Å². The molecule has 10 heavy (non-hydrogen) atoms. The minimum absolute atomic E-state index is 0.248. The van der Waals surface area contributed by atoms with Crippen molar-refractivity contribution >= 4 is 12.2 Å². The minimum atomic E-state index is -0.831. The molecule has 0 bridgehead atoms. The molecule has 0 aliphatic carbocycles. The van der Waals surface area contributed by atoms with Crippen molar-refractivity contribution in [3.8, 4) is 0 Å². The molecule has 0 aliphatic rings. The van der Waals surface area contributed by atoms with Crippen LogP contribution in [0.3, 0.4) is 0 Å². The molecule has 0 aliphatic heterocycles. The van der Waals surface area contributed by atoms with Crippen LogP contribution in [0.4, 0.5) is 0 Å². The van der Waals surface area contributed by atoms with Gasteiger partial charge in [0.15, 0.2) is 5.78 Å². The molecule has 0 aromatic heterocycles. The lowest BCUT2D eigenvalue weighted by Crippen LogP contribution is -2.42. The van der Waals surface area contributed by atoms with Gasteiger partial charge in [0.25, 0.3) is 0 Å². The molecule has 4 heteroatoms. The first-order valence-electron chi connectivity index (χ1n) is 2.97. The van der Waals surface area contributed by atoms with Crippen LogP contribution in [0.15, 0.2) is 0 Å². The fraction of sp³-hybridized carbons (Fsp3) is 0.667. The molecule has 0 aromatic carbocycles. The predicted octanol–water partition coefficient (Wildman–Crippen LogP) is -0.929. The van der Waals surface area contributed by atoms with Gasteiger partial charge in [-0.2, -0.15) is 0 Å². The van der Waals surface area contributed by atoms with Crippen molar-refractivity contribution in [3.63, 3.8) is 0 Å². The Kier molecular flexibility index (Phi) is 3.64. The summed E-state index contributed by atoms with van der Waals surface area (Å²) in [6, 6.07) is -0.766. The third kappa shape index (κ3) is 2.59. The van der Waals surface area contributed by atoms with Gasteiger partial charge in [0, 0.05) is 0 Å². The number of ketones is 1. The van der Waals surface area contributed by atoms with Gasteiger partial charge < -0.3 is 10.4 Å². The number of Topliss-reactive ketones (excluding diaryl/α,β-unsaturated/α-hetero) is 1. The van der Waals surface area contributed by atoms with Gasteiger partial charge in [-0.25, -0.2) is 0 Å². The number of rotatable bonds is 4. The summed E-state index contributed by atoms with van der Waals surface area (Å²) in [4.78, 5) is 20.4. The van der Waals surface area contributed by atoms with Crippen LogP contribution in [0, 0.1) is 0 Å². The minimum Gasteiger partial charge on any atom is -0.391 e. The summed E-state index contributed by atoms with van der Waals surface area (Å²) >= 11 is 0. The smallest absolute Gasteiger partial charge is 0.207 e. The van der Waals surface area contributed by atoms with Crippen molar-refractivity contribution < 1.29 is 14.7 Å². The van der Waals surface area contributed by atoms with E-state index in [-0.39, 0.29) is 5.78 Å². The Morgan fingerprint density at radius 2 is 2.20 bits per heavy atom.